The molecule has 0 aliphatic heterocycles. The number of amides is 1. The van der Waals surface area contributed by atoms with Gasteiger partial charge in [0.25, 0.3) is 11.1 Å². The van der Waals surface area contributed by atoms with Gasteiger partial charge in [-0.15, -0.1) is 0 Å². The van der Waals surface area contributed by atoms with Crippen molar-refractivity contribution < 1.29 is 13.9 Å². The zero-order valence-corrected chi connectivity index (χ0v) is 11.8. The SMILES string of the molecule is O=C(NCc1ccco1)c1ccc(Oc2nccs2)cc1. The second kappa shape index (κ2) is 6.23. The third kappa shape index (κ3) is 3.49. The van der Waals surface area contributed by atoms with Crippen molar-refractivity contribution in [2.24, 2.45) is 0 Å². The molecule has 1 aromatic carbocycles. The number of carbonyl (C=O) groups excluding carboxylic acids is 1. The number of furan rings is 1. The minimum atomic E-state index is -0.160. The lowest BCUT2D eigenvalue weighted by atomic mass is 10.2. The first-order valence-electron chi connectivity index (χ1n) is 6.29. The van der Waals surface area contributed by atoms with Gasteiger partial charge in [0.05, 0.1) is 12.8 Å². The van der Waals surface area contributed by atoms with Crippen molar-refractivity contribution in [1.29, 1.82) is 0 Å². The molecular formula is C15H12N2O3S. The van der Waals surface area contributed by atoms with Crippen LogP contribution in [0.4, 0.5) is 0 Å². The van der Waals surface area contributed by atoms with E-state index in [1.165, 1.54) is 11.3 Å². The summed E-state index contributed by atoms with van der Waals surface area (Å²) in [5, 5.41) is 5.20. The molecular weight excluding hydrogens is 288 g/mol. The Morgan fingerprint density at radius 2 is 2.14 bits per heavy atom. The minimum Gasteiger partial charge on any atom is -0.467 e. The Balaban J connectivity index is 1.59. The van der Waals surface area contributed by atoms with E-state index in [2.05, 4.69) is 10.3 Å². The molecule has 1 N–H and O–H groups in total. The Morgan fingerprint density at radius 3 is 2.81 bits per heavy atom. The summed E-state index contributed by atoms with van der Waals surface area (Å²) in [6.45, 7) is 0.364. The van der Waals surface area contributed by atoms with Gasteiger partial charge in [0.2, 0.25) is 0 Å². The summed E-state index contributed by atoms with van der Waals surface area (Å²) in [5.41, 5.74) is 0.563. The smallest absolute Gasteiger partial charge is 0.278 e. The first kappa shape index (κ1) is 13.4. The highest BCUT2D eigenvalue weighted by molar-refractivity contribution is 7.11. The maximum absolute atomic E-state index is 12.0. The van der Waals surface area contributed by atoms with E-state index < -0.39 is 0 Å². The number of carbonyl (C=O) groups is 1. The summed E-state index contributed by atoms with van der Waals surface area (Å²) in [7, 11) is 0. The van der Waals surface area contributed by atoms with Crippen LogP contribution in [-0.2, 0) is 6.54 Å². The largest absolute Gasteiger partial charge is 0.467 e. The van der Waals surface area contributed by atoms with E-state index in [0.717, 1.165) is 0 Å². The highest BCUT2D eigenvalue weighted by atomic mass is 32.1. The van der Waals surface area contributed by atoms with Gasteiger partial charge in [-0.3, -0.25) is 4.79 Å². The van der Waals surface area contributed by atoms with E-state index in [-0.39, 0.29) is 5.91 Å². The van der Waals surface area contributed by atoms with Crippen LogP contribution in [0.2, 0.25) is 0 Å². The van der Waals surface area contributed by atoms with E-state index in [9.17, 15) is 4.79 Å². The molecule has 21 heavy (non-hydrogen) atoms. The van der Waals surface area contributed by atoms with Crippen LogP contribution < -0.4 is 10.1 Å². The molecule has 5 nitrogen and oxygen atoms in total. The van der Waals surface area contributed by atoms with Crippen molar-refractivity contribution in [3.05, 3.63) is 65.6 Å². The molecule has 0 radical (unpaired) electrons. The molecule has 1 amide bonds. The molecule has 0 bridgehead atoms. The van der Waals surface area contributed by atoms with Crippen LogP contribution in [0.3, 0.4) is 0 Å². The van der Waals surface area contributed by atoms with Crippen LogP contribution in [0, 0.1) is 0 Å². The van der Waals surface area contributed by atoms with Crippen LogP contribution in [0.5, 0.6) is 10.9 Å². The molecule has 2 aromatic heterocycles. The Morgan fingerprint density at radius 1 is 1.29 bits per heavy atom. The first-order chi connectivity index (χ1) is 10.3. The second-order valence-electron chi connectivity index (χ2n) is 4.19. The van der Waals surface area contributed by atoms with Gasteiger partial charge in [0.15, 0.2) is 0 Å². The summed E-state index contributed by atoms with van der Waals surface area (Å²) in [4.78, 5) is 16.0. The lowest BCUT2D eigenvalue weighted by Crippen LogP contribution is -2.22. The van der Waals surface area contributed by atoms with Gasteiger partial charge in [0, 0.05) is 17.1 Å². The molecule has 2 heterocycles. The van der Waals surface area contributed by atoms with Crippen LogP contribution >= 0.6 is 11.3 Å². The Bertz CT molecular complexity index is 691. The standard InChI is InChI=1S/C15H12N2O3S/c18-14(17-10-13-2-1-8-19-13)11-3-5-12(6-4-11)20-15-16-7-9-21-15/h1-9H,10H2,(H,17,18). The molecule has 0 fully saturated rings. The van der Waals surface area contributed by atoms with E-state index in [0.29, 0.717) is 28.8 Å². The van der Waals surface area contributed by atoms with Gasteiger partial charge in [-0.25, -0.2) is 4.98 Å². The van der Waals surface area contributed by atoms with Crippen molar-refractivity contribution in [2.45, 2.75) is 6.54 Å². The molecule has 0 spiro atoms. The zero-order valence-electron chi connectivity index (χ0n) is 11.0. The van der Waals surface area contributed by atoms with Crippen molar-refractivity contribution in [3.63, 3.8) is 0 Å². The monoisotopic (exact) mass is 300 g/mol. The molecule has 106 valence electrons. The summed E-state index contributed by atoms with van der Waals surface area (Å²) in [5.74, 6) is 1.20. The van der Waals surface area contributed by atoms with E-state index >= 15 is 0 Å². The predicted octanol–water partition coefficient (Wildman–Crippen LogP) is 3.46. The number of thiazole rings is 1. The maximum atomic E-state index is 12.0. The van der Waals surface area contributed by atoms with E-state index in [4.69, 9.17) is 9.15 Å². The van der Waals surface area contributed by atoms with Crippen molar-refractivity contribution in [1.82, 2.24) is 10.3 Å². The third-order valence-corrected chi connectivity index (χ3v) is 3.38. The number of ether oxygens (including phenoxy) is 1. The van der Waals surface area contributed by atoms with E-state index in [1.54, 1.807) is 42.8 Å². The lowest BCUT2D eigenvalue weighted by Gasteiger charge is -2.05. The average molecular weight is 300 g/mol. The molecule has 3 rings (SSSR count). The normalized spacial score (nSPS) is 10.3. The van der Waals surface area contributed by atoms with Gasteiger partial charge in [-0.2, -0.15) is 0 Å². The third-order valence-electron chi connectivity index (χ3n) is 2.73. The quantitative estimate of drug-likeness (QED) is 0.783. The lowest BCUT2D eigenvalue weighted by molar-refractivity contribution is 0.0948. The number of benzene rings is 1. The van der Waals surface area contributed by atoms with Gasteiger partial charge in [-0.05, 0) is 36.4 Å². The fourth-order valence-electron chi connectivity index (χ4n) is 1.72. The summed E-state index contributed by atoms with van der Waals surface area (Å²) in [6.07, 6.45) is 3.25. The fraction of sp³-hybridized carbons (Fsp3) is 0.0667. The number of nitrogens with one attached hydrogen (secondary N) is 1. The number of hydrogen-bond acceptors (Lipinski definition) is 5. The Kier molecular flexibility index (Phi) is 3.97. The first-order valence-corrected chi connectivity index (χ1v) is 7.17. The van der Waals surface area contributed by atoms with Gasteiger partial charge >= 0.3 is 0 Å². The zero-order chi connectivity index (χ0) is 14.5. The Labute approximate surface area is 125 Å². The molecule has 0 saturated carbocycles. The van der Waals surface area contributed by atoms with Crippen molar-refractivity contribution in [3.8, 4) is 10.9 Å². The van der Waals surface area contributed by atoms with Crippen LogP contribution in [-0.4, -0.2) is 10.9 Å². The predicted molar refractivity (Wildman–Crippen MR) is 78.5 cm³/mol. The van der Waals surface area contributed by atoms with Gasteiger partial charge in [0.1, 0.15) is 11.5 Å². The average Bonchev–Trinajstić information content (AvgIpc) is 3.19. The van der Waals surface area contributed by atoms with Crippen LogP contribution in [0.1, 0.15) is 16.1 Å². The Hall–Kier alpha value is -2.60. The molecule has 0 aliphatic carbocycles. The fourth-order valence-corrected chi connectivity index (χ4v) is 2.22. The van der Waals surface area contributed by atoms with Gasteiger partial charge in [-0.1, -0.05) is 11.3 Å². The molecule has 3 aromatic rings. The number of rotatable bonds is 5. The van der Waals surface area contributed by atoms with Crippen molar-refractivity contribution in [2.75, 3.05) is 0 Å². The number of nitrogens with zero attached hydrogens (tertiary/aromatic N) is 1. The molecule has 0 saturated heterocycles. The van der Waals surface area contributed by atoms with Crippen molar-refractivity contribution >= 4 is 17.2 Å². The summed E-state index contributed by atoms with van der Waals surface area (Å²) < 4.78 is 10.7. The molecule has 0 atom stereocenters. The molecule has 0 unspecified atom stereocenters. The van der Waals surface area contributed by atoms with E-state index in [1.807, 2.05) is 11.4 Å². The summed E-state index contributed by atoms with van der Waals surface area (Å²) >= 11 is 1.41. The minimum absolute atomic E-state index is 0.160. The topological polar surface area (TPSA) is 64.4 Å². The highest BCUT2D eigenvalue weighted by Gasteiger charge is 2.07. The van der Waals surface area contributed by atoms with Crippen LogP contribution in [0.15, 0.2) is 58.7 Å². The number of aromatic nitrogens is 1. The maximum Gasteiger partial charge on any atom is 0.278 e. The summed E-state index contributed by atoms with van der Waals surface area (Å²) in [6, 6.07) is 10.5. The highest BCUT2D eigenvalue weighted by Crippen LogP contribution is 2.23. The van der Waals surface area contributed by atoms with Gasteiger partial charge < -0.3 is 14.5 Å². The number of hydrogen-bond donors (Lipinski definition) is 1. The van der Waals surface area contributed by atoms with Crippen LogP contribution in [0.25, 0.3) is 0 Å². The molecule has 0 aliphatic rings. The molecule has 6 heteroatoms. The second-order valence-corrected chi connectivity index (χ2v) is 5.04.